The smallest absolute Gasteiger partial charge is 0.198 e. The Kier molecular flexibility index (Phi) is 4.58. The van der Waals surface area contributed by atoms with E-state index in [4.69, 9.17) is 16.0 Å². The van der Waals surface area contributed by atoms with E-state index in [0.29, 0.717) is 34.0 Å². The summed E-state index contributed by atoms with van der Waals surface area (Å²) in [7, 11) is 0. The van der Waals surface area contributed by atoms with Crippen LogP contribution in [0.5, 0.6) is 0 Å². The largest absolute Gasteiger partial charge is 0.464 e. The SMILES string of the molecule is C=C1/C=C\CCCc2c(occ(-c3ccc(Cl)cn3)c2=O)/C=C\1. The second-order valence-electron chi connectivity index (χ2n) is 5.39. The fourth-order valence-electron chi connectivity index (χ4n) is 2.48. The third-order valence-corrected chi connectivity index (χ3v) is 3.93. The molecule has 0 saturated heterocycles. The highest BCUT2D eigenvalue weighted by molar-refractivity contribution is 6.30. The van der Waals surface area contributed by atoms with E-state index in [0.717, 1.165) is 18.4 Å². The maximum Gasteiger partial charge on any atom is 0.198 e. The fraction of sp³-hybridized carbons (Fsp3) is 0.158. The van der Waals surface area contributed by atoms with Crippen molar-refractivity contribution in [1.82, 2.24) is 4.98 Å². The average molecular weight is 326 g/mol. The molecule has 3 nitrogen and oxygen atoms in total. The molecule has 1 aliphatic carbocycles. The highest BCUT2D eigenvalue weighted by Crippen LogP contribution is 2.20. The Morgan fingerprint density at radius 2 is 2.09 bits per heavy atom. The zero-order valence-electron chi connectivity index (χ0n) is 12.6. The van der Waals surface area contributed by atoms with E-state index < -0.39 is 0 Å². The number of hydrogen-bond acceptors (Lipinski definition) is 3. The summed E-state index contributed by atoms with van der Waals surface area (Å²) in [4.78, 5) is 17.0. The molecule has 0 spiro atoms. The molecular weight excluding hydrogens is 310 g/mol. The van der Waals surface area contributed by atoms with Gasteiger partial charge in [0.05, 0.1) is 16.3 Å². The molecule has 0 atom stereocenters. The summed E-state index contributed by atoms with van der Waals surface area (Å²) in [6.45, 7) is 3.94. The Labute approximate surface area is 139 Å². The highest BCUT2D eigenvalue weighted by Gasteiger charge is 2.14. The molecule has 0 unspecified atom stereocenters. The zero-order valence-corrected chi connectivity index (χ0v) is 13.3. The van der Waals surface area contributed by atoms with E-state index >= 15 is 0 Å². The van der Waals surface area contributed by atoms with Crippen LogP contribution in [-0.2, 0) is 6.42 Å². The summed E-state index contributed by atoms with van der Waals surface area (Å²) in [5.41, 5.74) is 2.54. The van der Waals surface area contributed by atoms with Crippen LogP contribution in [0.15, 0.2) is 64.2 Å². The molecule has 23 heavy (non-hydrogen) atoms. The van der Waals surface area contributed by atoms with Crippen LogP contribution in [0.3, 0.4) is 0 Å². The number of pyridine rings is 1. The number of nitrogens with zero attached hydrogens (tertiary/aromatic N) is 1. The molecule has 116 valence electrons. The van der Waals surface area contributed by atoms with Crippen LogP contribution in [0.1, 0.15) is 24.2 Å². The molecule has 0 amide bonds. The second kappa shape index (κ2) is 6.80. The molecule has 2 aromatic heterocycles. The molecule has 0 fully saturated rings. The maximum atomic E-state index is 12.8. The lowest BCUT2D eigenvalue weighted by Crippen LogP contribution is -2.14. The van der Waals surface area contributed by atoms with Crippen LogP contribution in [-0.4, -0.2) is 4.98 Å². The van der Waals surface area contributed by atoms with Gasteiger partial charge in [-0.05, 0) is 43.0 Å². The third kappa shape index (κ3) is 3.51. The Balaban J connectivity index is 2.09. The van der Waals surface area contributed by atoms with Gasteiger partial charge in [0.25, 0.3) is 0 Å². The van der Waals surface area contributed by atoms with Crippen molar-refractivity contribution in [3.8, 4) is 11.3 Å². The normalized spacial score (nSPS) is 17.3. The predicted molar refractivity (Wildman–Crippen MR) is 93.5 cm³/mol. The van der Waals surface area contributed by atoms with Gasteiger partial charge in [0, 0.05) is 11.8 Å². The lowest BCUT2D eigenvalue weighted by atomic mass is 10.0. The number of hydrogen-bond donors (Lipinski definition) is 0. The van der Waals surface area contributed by atoms with Crippen molar-refractivity contribution >= 4 is 17.7 Å². The first-order valence-electron chi connectivity index (χ1n) is 7.45. The Morgan fingerprint density at radius 3 is 2.87 bits per heavy atom. The standard InChI is InChI=1S/C19H16ClNO2/c1-13-5-3-2-4-6-15-18(10-7-13)23-12-16(19(15)22)17-9-8-14(20)11-21-17/h3,5,7-12H,1-2,4,6H2/b5-3-,10-7-. The van der Waals surface area contributed by atoms with E-state index in [1.165, 1.54) is 12.5 Å². The van der Waals surface area contributed by atoms with Gasteiger partial charge in [0.2, 0.25) is 0 Å². The first-order chi connectivity index (χ1) is 11.1. The number of rotatable bonds is 1. The average Bonchev–Trinajstić information content (AvgIpc) is 2.55. The van der Waals surface area contributed by atoms with Crippen LogP contribution < -0.4 is 5.43 Å². The summed E-state index contributed by atoms with van der Waals surface area (Å²) < 4.78 is 5.70. The van der Waals surface area contributed by atoms with Crippen molar-refractivity contribution in [3.05, 3.63) is 81.5 Å². The summed E-state index contributed by atoms with van der Waals surface area (Å²) in [5.74, 6) is 0.587. The molecule has 0 radical (unpaired) electrons. The van der Waals surface area contributed by atoms with E-state index in [9.17, 15) is 4.79 Å². The predicted octanol–water partition coefficient (Wildman–Crippen LogP) is 4.82. The minimum atomic E-state index is -0.0408. The summed E-state index contributed by atoms with van der Waals surface area (Å²) in [5, 5.41) is 0.533. The first-order valence-corrected chi connectivity index (χ1v) is 7.83. The van der Waals surface area contributed by atoms with Gasteiger partial charge < -0.3 is 4.42 Å². The Hall–Kier alpha value is -2.39. The minimum absolute atomic E-state index is 0.0408. The molecule has 1 aliphatic rings. The van der Waals surface area contributed by atoms with Crippen LogP contribution in [0, 0.1) is 0 Å². The van der Waals surface area contributed by atoms with Gasteiger partial charge in [-0.2, -0.15) is 0 Å². The van der Waals surface area contributed by atoms with E-state index in [-0.39, 0.29) is 5.43 Å². The minimum Gasteiger partial charge on any atom is -0.464 e. The van der Waals surface area contributed by atoms with Gasteiger partial charge in [0.15, 0.2) is 5.43 Å². The van der Waals surface area contributed by atoms with Gasteiger partial charge >= 0.3 is 0 Å². The second-order valence-corrected chi connectivity index (χ2v) is 5.82. The third-order valence-electron chi connectivity index (χ3n) is 3.70. The quantitative estimate of drug-likeness (QED) is 0.755. The molecule has 0 aliphatic heterocycles. The van der Waals surface area contributed by atoms with E-state index in [1.807, 2.05) is 12.2 Å². The van der Waals surface area contributed by atoms with Crippen molar-refractivity contribution < 1.29 is 4.42 Å². The summed E-state index contributed by atoms with van der Waals surface area (Å²) in [6, 6.07) is 3.44. The van der Waals surface area contributed by atoms with Crippen LogP contribution in [0.2, 0.25) is 5.02 Å². The summed E-state index contributed by atoms with van der Waals surface area (Å²) >= 11 is 5.85. The van der Waals surface area contributed by atoms with Crippen molar-refractivity contribution in [2.24, 2.45) is 0 Å². The van der Waals surface area contributed by atoms with E-state index in [2.05, 4.69) is 17.6 Å². The fourth-order valence-corrected chi connectivity index (χ4v) is 2.59. The molecule has 0 saturated carbocycles. The molecule has 0 N–H and O–H groups in total. The van der Waals surface area contributed by atoms with Crippen LogP contribution in [0.4, 0.5) is 0 Å². The number of aromatic nitrogens is 1. The lowest BCUT2D eigenvalue weighted by molar-refractivity contribution is 0.529. The van der Waals surface area contributed by atoms with Crippen molar-refractivity contribution in [3.63, 3.8) is 0 Å². The van der Waals surface area contributed by atoms with Crippen LogP contribution >= 0.6 is 11.6 Å². The van der Waals surface area contributed by atoms with Crippen molar-refractivity contribution in [1.29, 1.82) is 0 Å². The molecule has 2 heterocycles. The Bertz CT molecular complexity index is 845. The monoisotopic (exact) mass is 325 g/mol. The molecule has 0 aromatic carbocycles. The number of allylic oxidation sites excluding steroid dienone is 4. The molecule has 3 rings (SSSR count). The highest BCUT2D eigenvalue weighted by atomic mass is 35.5. The molecular formula is C19H16ClNO2. The molecule has 4 heteroatoms. The first kappa shape index (κ1) is 15.5. The van der Waals surface area contributed by atoms with E-state index in [1.54, 1.807) is 18.2 Å². The summed E-state index contributed by atoms with van der Waals surface area (Å²) in [6.07, 6.45) is 13.1. The van der Waals surface area contributed by atoms with Gasteiger partial charge in [-0.25, -0.2) is 0 Å². The molecule has 2 aromatic rings. The number of fused-ring (bicyclic) bond motifs is 1. The number of halogens is 1. The van der Waals surface area contributed by atoms with Crippen LogP contribution in [0.25, 0.3) is 17.3 Å². The van der Waals surface area contributed by atoms with Gasteiger partial charge in [-0.1, -0.05) is 36.4 Å². The molecule has 0 bridgehead atoms. The van der Waals surface area contributed by atoms with Crippen molar-refractivity contribution in [2.75, 3.05) is 0 Å². The topological polar surface area (TPSA) is 43.1 Å². The zero-order chi connectivity index (χ0) is 16.2. The Morgan fingerprint density at radius 1 is 1.22 bits per heavy atom. The van der Waals surface area contributed by atoms with Crippen molar-refractivity contribution in [2.45, 2.75) is 19.3 Å². The maximum absolute atomic E-state index is 12.8. The van der Waals surface area contributed by atoms with Gasteiger partial charge in [-0.15, -0.1) is 0 Å². The lowest BCUT2D eigenvalue weighted by Gasteiger charge is -2.08. The van der Waals surface area contributed by atoms with Gasteiger partial charge in [-0.3, -0.25) is 9.78 Å². The van der Waals surface area contributed by atoms with Gasteiger partial charge in [0.1, 0.15) is 12.0 Å².